The Morgan fingerprint density at radius 3 is 2.62 bits per heavy atom. The van der Waals surface area contributed by atoms with Gasteiger partial charge in [-0.25, -0.2) is 0 Å². The number of aromatic nitrogens is 1. The Morgan fingerprint density at radius 1 is 0.875 bits per heavy atom. The summed E-state index contributed by atoms with van der Waals surface area (Å²) in [4.78, 5) is 5.10. The van der Waals surface area contributed by atoms with Gasteiger partial charge in [0.2, 0.25) is 0 Å². The van der Waals surface area contributed by atoms with Crippen molar-refractivity contribution in [2.75, 3.05) is 6.26 Å². The summed E-state index contributed by atoms with van der Waals surface area (Å²) in [6.45, 7) is 0. The van der Waals surface area contributed by atoms with Crippen molar-refractivity contribution < 1.29 is 0 Å². The predicted molar refractivity (Wildman–Crippen MR) is 105 cm³/mol. The number of H-pyrrole nitrogens is 1. The third kappa shape index (κ3) is 1.96. The molecule has 5 rings (SSSR count). The van der Waals surface area contributed by atoms with Crippen LogP contribution < -0.4 is 0 Å². The van der Waals surface area contributed by atoms with Gasteiger partial charge in [0, 0.05) is 26.7 Å². The maximum atomic E-state index is 3.64. The molecule has 1 nitrogen and oxygen atoms in total. The van der Waals surface area contributed by atoms with Crippen LogP contribution in [0.25, 0.3) is 32.9 Å². The van der Waals surface area contributed by atoms with Crippen molar-refractivity contribution in [1.82, 2.24) is 4.98 Å². The Kier molecular flexibility index (Phi) is 3.20. The lowest BCUT2D eigenvalue weighted by Gasteiger charge is -2.14. The molecule has 1 aliphatic rings. The minimum Gasteiger partial charge on any atom is -0.354 e. The molecular formula is C22H19NS. The van der Waals surface area contributed by atoms with Crippen molar-refractivity contribution in [3.63, 3.8) is 0 Å². The molecule has 0 radical (unpaired) electrons. The SMILES string of the molecule is CSc1c2c(cc3[nH]c4ccccc4c13)-c1ccccc1CCC2. The fourth-order valence-corrected chi connectivity index (χ4v) is 5.07. The molecular weight excluding hydrogens is 310 g/mol. The number of aryl methyl sites for hydroxylation is 1. The highest BCUT2D eigenvalue weighted by atomic mass is 32.2. The topological polar surface area (TPSA) is 15.8 Å². The van der Waals surface area contributed by atoms with E-state index in [9.17, 15) is 0 Å². The number of hydrogen-bond donors (Lipinski definition) is 1. The second-order valence-electron chi connectivity index (χ2n) is 6.54. The lowest BCUT2D eigenvalue weighted by Crippen LogP contribution is -1.92. The summed E-state index contributed by atoms with van der Waals surface area (Å²) in [5.41, 5.74) is 8.35. The zero-order valence-corrected chi connectivity index (χ0v) is 14.5. The van der Waals surface area contributed by atoms with E-state index < -0.39 is 0 Å². The van der Waals surface area contributed by atoms with Gasteiger partial charge in [-0.15, -0.1) is 11.8 Å². The number of para-hydroxylation sites is 1. The maximum absolute atomic E-state index is 3.64. The number of benzene rings is 3. The van der Waals surface area contributed by atoms with E-state index in [0.717, 1.165) is 6.42 Å². The van der Waals surface area contributed by atoms with Gasteiger partial charge in [-0.05, 0) is 59.9 Å². The first-order valence-electron chi connectivity index (χ1n) is 8.55. The Morgan fingerprint density at radius 2 is 1.71 bits per heavy atom. The van der Waals surface area contributed by atoms with E-state index in [2.05, 4.69) is 65.8 Å². The maximum Gasteiger partial charge on any atom is 0.0482 e. The van der Waals surface area contributed by atoms with Gasteiger partial charge in [-0.2, -0.15) is 0 Å². The van der Waals surface area contributed by atoms with Gasteiger partial charge >= 0.3 is 0 Å². The van der Waals surface area contributed by atoms with Crippen LogP contribution in [0.15, 0.2) is 59.5 Å². The number of fused-ring (bicyclic) bond motifs is 6. The van der Waals surface area contributed by atoms with Gasteiger partial charge in [0.25, 0.3) is 0 Å². The Balaban J connectivity index is 1.95. The summed E-state index contributed by atoms with van der Waals surface area (Å²) in [7, 11) is 0. The lowest BCUT2D eigenvalue weighted by molar-refractivity contribution is 0.826. The number of hydrogen-bond acceptors (Lipinski definition) is 1. The fraction of sp³-hybridized carbons (Fsp3) is 0.182. The highest BCUT2D eigenvalue weighted by Gasteiger charge is 2.21. The molecule has 24 heavy (non-hydrogen) atoms. The second-order valence-corrected chi connectivity index (χ2v) is 7.36. The fourth-order valence-electron chi connectivity index (χ4n) is 4.19. The van der Waals surface area contributed by atoms with Crippen LogP contribution in [0.4, 0.5) is 0 Å². The van der Waals surface area contributed by atoms with Crippen molar-refractivity contribution in [2.24, 2.45) is 0 Å². The van der Waals surface area contributed by atoms with Gasteiger partial charge in [0.15, 0.2) is 0 Å². The smallest absolute Gasteiger partial charge is 0.0482 e. The van der Waals surface area contributed by atoms with Crippen LogP contribution >= 0.6 is 11.8 Å². The molecule has 0 spiro atoms. The molecule has 0 aliphatic heterocycles. The molecule has 1 heterocycles. The summed E-state index contributed by atoms with van der Waals surface area (Å²) in [6, 6.07) is 20.0. The third-order valence-electron chi connectivity index (χ3n) is 5.23. The highest BCUT2D eigenvalue weighted by molar-refractivity contribution is 7.98. The van der Waals surface area contributed by atoms with Gasteiger partial charge in [0.1, 0.15) is 0 Å². The van der Waals surface area contributed by atoms with E-state index in [1.54, 1.807) is 0 Å². The largest absolute Gasteiger partial charge is 0.354 e. The van der Waals surface area contributed by atoms with Gasteiger partial charge in [-0.1, -0.05) is 42.5 Å². The molecule has 0 fully saturated rings. The number of nitrogens with one attached hydrogen (secondary N) is 1. The molecule has 1 aromatic heterocycles. The zero-order valence-electron chi connectivity index (χ0n) is 13.7. The van der Waals surface area contributed by atoms with E-state index in [1.165, 1.54) is 61.8 Å². The number of thioether (sulfide) groups is 1. The van der Waals surface area contributed by atoms with Crippen LogP contribution in [0, 0.1) is 0 Å². The monoisotopic (exact) mass is 329 g/mol. The quantitative estimate of drug-likeness (QED) is 0.411. The van der Waals surface area contributed by atoms with Crippen molar-refractivity contribution in [2.45, 2.75) is 24.2 Å². The average Bonchev–Trinajstić information content (AvgIpc) is 2.89. The Hall–Kier alpha value is -2.19. The molecule has 0 bridgehead atoms. The number of aromatic amines is 1. The summed E-state index contributed by atoms with van der Waals surface area (Å²) < 4.78 is 0. The molecule has 3 aromatic carbocycles. The Labute approximate surface area is 146 Å². The van der Waals surface area contributed by atoms with Gasteiger partial charge in [0.05, 0.1) is 0 Å². The van der Waals surface area contributed by atoms with E-state index in [4.69, 9.17) is 0 Å². The Bertz CT molecular complexity index is 1070. The van der Waals surface area contributed by atoms with E-state index in [1.807, 2.05) is 11.8 Å². The lowest BCUT2D eigenvalue weighted by atomic mass is 9.95. The first kappa shape index (κ1) is 14.2. The molecule has 2 heteroatoms. The summed E-state index contributed by atoms with van der Waals surface area (Å²) in [5, 5.41) is 2.74. The van der Waals surface area contributed by atoms with Crippen molar-refractivity contribution >= 4 is 33.6 Å². The highest BCUT2D eigenvalue weighted by Crippen LogP contribution is 2.43. The summed E-state index contributed by atoms with van der Waals surface area (Å²) >= 11 is 1.90. The van der Waals surface area contributed by atoms with E-state index in [0.29, 0.717) is 0 Å². The van der Waals surface area contributed by atoms with Gasteiger partial charge < -0.3 is 4.98 Å². The van der Waals surface area contributed by atoms with Crippen LogP contribution in [-0.4, -0.2) is 11.2 Å². The van der Waals surface area contributed by atoms with E-state index in [-0.39, 0.29) is 0 Å². The predicted octanol–water partition coefficient (Wildman–Crippen LogP) is 6.20. The third-order valence-corrected chi connectivity index (χ3v) is 6.09. The van der Waals surface area contributed by atoms with Crippen molar-refractivity contribution in [3.05, 3.63) is 65.7 Å². The molecule has 0 unspecified atom stereocenters. The van der Waals surface area contributed by atoms with Crippen LogP contribution in [0.1, 0.15) is 17.5 Å². The zero-order chi connectivity index (χ0) is 16.1. The second kappa shape index (κ2) is 5.42. The van der Waals surface area contributed by atoms with Crippen LogP contribution in [-0.2, 0) is 12.8 Å². The molecule has 1 aliphatic carbocycles. The molecule has 0 amide bonds. The van der Waals surface area contributed by atoms with Crippen LogP contribution in [0.2, 0.25) is 0 Å². The standard InChI is InChI=1S/C22H19NS/c1-24-22-16-11-6-8-14-7-2-3-9-15(14)18(16)13-20-21(22)17-10-4-5-12-19(17)23-20/h2-5,7,9-10,12-13,23H,6,8,11H2,1H3. The molecule has 0 saturated heterocycles. The van der Waals surface area contributed by atoms with Crippen molar-refractivity contribution in [1.29, 1.82) is 0 Å². The first-order chi connectivity index (χ1) is 11.9. The average molecular weight is 329 g/mol. The first-order valence-corrected chi connectivity index (χ1v) is 9.78. The summed E-state index contributed by atoms with van der Waals surface area (Å²) in [6.07, 6.45) is 5.78. The normalized spacial score (nSPS) is 13.7. The van der Waals surface area contributed by atoms with Gasteiger partial charge in [-0.3, -0.25) is 0 Å². The molecule has 118 valence electrons. The molecule has 4 aromatic rings. The van der Waals surface area contributed by atoms with Crippen LogP contribution in [0.5, 0.6) is 0 Å². The van der Waals surface area contributed by atoms with Crippen molar-refractivity contribution in [3.8, 4) is 11.1 Å². The molecule has 0 atom stereocenters. The number of rotatable bonds is 1. The van der Waals surface area contributed by atoms with Crippen LogP contribution in [0.3, 0.4) is 0 Å². The van der Waals surface area contributed by atoms with E-state index >= 15 is 0 Å². The summed E-state index contributed by atoms with van der Waals surface area (Å²) in [5.74, 6) is 0. The minimum absolute atomic E-state index is 1.16. The minimum atomic E-state index is 1.16. The molecule has 1 N–H and O–H groups in total. The molecule has 0 saturated carbocycles.